The fraction of sp³-hybridized carbons (Fsp3) is 0. The van der Waals surface area contributed by atoms with Crippen LogP contribution in [0.2, 0.25) is 0 Å². The summed E-state index contributed by atoms with van der Waals surface area (Å²) in [6, 6.07) is 9.10. The minimum atomic E-state index is -0.330. The number of carbonyl (C=O) groups excluding carboxylic acids is 1. The summed E-state index contributed by atoms with van der Waals surface area (Å²) in [5.74, 6) is -0.330. The van der Waals surface area contributed by atoms with Crippen molar-refractivity contribution in [3.63, 3.8) is 0 Å². The summed E-state index contributed by atoms with van der Waals surface area (Å²) >= 11 is 1.36. The van der Waals surface area contributed by atoms with Crippen molar-refractivity contribution in [3.8, 4) is 0 Å². The van der Waals surface area contributed by atoms with E-state index in [0.717, 1.165) is 15.7 Å². The second kappa shape index (κ2) is 5.08. The molecule has 4 rings (SSSR count). The van der Waals surface area contributed by atoms with E-state index in [0.29, 0.717) is 16.5 Å². The third-order valence-corrected chi connectivity index (χ3v) is 3.99. The average molecular weight is 310 g/mol. The molecule has 0 aliphatic heterocycles. The molecule has 1 amide bonds. The minimum Gasteiger partial charge on any atom is -0.346 e. The quantitative estimate of drug-likeness (QED) is 0.505. The number of hydrogen-bond acceptors (Lipinski definition) is 6. The zero-order valence-electron chi connectivity index (χ0n) is 11.2. The molecule has 0 unspecified atom stereocenters. The van der Waals surface area contributed by atoms with Crippen LogP contribution < -0.4 is 10.9 Å². The molecule has 0 aliphatic rings. The number of thiazole rings is 1. The highest BCUT2D eigenvalue weighted by Gasteiger charge is 2.10. The lowest BCUT2D eigenvalue weighted by Crippen LogP contribution is -2.29. The van der Waals surface area contributed by atoms with Crippen LogP contribution >= 0.6 is 11.3 Å². The van der Waals surface area contributed by atoms with Crippen LogP contribution in [0.4, 0.5) is 5.13 Å². The third-order valence-electron chi connectivity index (χ3n) is 3.09. The Labute approximate surface area is 128 Å². The summed E-state index contributed by atoms with van der Waals surface area (Å²) < 4.78 is 0. The molecule has 108 valence electrons. The summed E-state index contributed by atoms with van der Waals surface area (Å²) in [6.07, 6.45) is 3.49. The van der Waals surface area contributed by atoms with Gasteiger partial charge in [-0.2, -0.15) is 0 Å². The lowest BCUT2D eigenvalue weighted by molar-refractivity contribution is 0.0958. The Kier molecular flexibility index (Phi) is 2.94. The third kappa shape index (κ3) is 2.25. The number of H-pyrrole nitrogens is 1. The molecule has 8 heteroatoms. The van der Waals surface area contributed by atoms with Crippen molar-refractivity contribution in [2.24, 2.45) is 0 Å². The number of amides is 1. The monoisotopic (exact) mass is 310 g/mol. The normalized spacial score (nSPS) is 10.9. The first-order valence-electron chi connectivity index (χ1n) is 6.52. The van der Waals surface area contributed by atoms with Crippen molar-refractivity contribution in [3.05, 3.63) is 48.4 Å². The molecule has 4 aromatic heterocycles. The summed E-state index contributed by atoms with van der Waals surface area (Å²) in [5.41, 5.74) is 7.17. The fourth-order valence-electron chi connectivity index (χ4n) is 2.05. The molecule has 0 saturated heterocycles. The molecule has 3 N–H and O–H groups in total. The number of aromatic nitrogens is 4. The van der Waals surface area contributed by atoms with Crippen LogP contribution in [0.25, 0.3) is 21.4 Å². The Hall–Kier alpha value is -3.00. The number of nitrogens with zero attached hydrogens (tertiary/aromatic N) is 3. The first-order valence-corrected chi connectivity index (χ1v) is 7.33. The highest BCUT2D eigenvalue weighted by Crippen LogP contribution is 2.22. The molecule has 22 heavy (non-hydrogen) atoms. The van der Waals surface area contributed by atoms with E-state index in [1.54, 1.807) is 18.5 Å². The Balaban J connectivity index is 1.51. The molecule has 0 saturated carbocycles. The first-order chi connectivity index (χ1) is 10.8. The molecule has 0 bridgehead atoms. The second-order valence-corrected chi connectivity index (χ2v) is 5.52. The molecular formula is C14H10N6OS. The lowest BCUT2D eigenvalue weighted by Gasteiger charge is -2.04. The van der Waals surface area contributed by atoms with Crippen LogP contribution in [0.5, 0.6) is 0 Å². The maximum absolute atomic E-state index is 12.1. The van der Waals surface area contributed by atoms with Gasteiger partial charge in [-0.05, 0) is 30.3 Å². The van der Waals surface area contributed by atoms with E-state index in [2.05, 4.69) is 30.8 Å². The molecular weight excluding hydrogens is 300 g/mol. The van der Waals surface area contributed by atoms with Gasteiger partial charge in [0.2, 0.25) is 5.13 Å². The van der Waals surface area contributed by atoms with Gasteiger partial charge in [0.25, 0.3) is 5.91 Å². The number of aromatic amines is 1. The van der Waals surface area contributed by atoms with Crippen molar-refractivity contribution in [2.75, 3.05) is 5.43 Å². The molecule has 0 aliphatic carbocycles. The molecule has 4 aromatic rings. The van der Waals surface area contributed by atoms with Gasteiger partial charge in [0.1, 0.15) is 21.7 Å². The predicted molar refractivity (Wildman–Crippen MR) is 84.6 cm³/mol. The smallest absolute Gasteiger partial charge is 0.288 e. The topological polar surface area (TPSA) is 95.6 Å². The highest BCUT2D eigenvalue weighted by atomic mass is 32.1. The first kappa shape index (κ1) is 12.7. The predicted octanol–water partition coefficient (Wildman–Crippen LogP) is 2.32. The van der Waals surface area contributed by atoms with Crippen molar-refractivity contribution in [1.82, 2.24) is 25.4 Å². The van der Waals surface area contributed by atoms with E-state index in [1.165, 1.54) is 11.3 Å². The Morgan fingerprint density at radius 1 is 1.18 bits per heavy atom. The van der Waals surface area contributed by atoms with Gasteiger partial charge in [0.05, 0.1) is 0 Å². The second-order valence-electron chi connectivity index (χ2n) is 4.54. The van der Waals surface area contributed by atoms with E-state index in [1.807, 2.05) is 24.3 Å². The van der Waals surface area contributed by atoms with Gasteiger partial charge in [-0.15, -0.1) is 0 Å². The van der Waals surface area contributed by atoms with Gasteiger partial charge in [0.15, 0.2) is 0 Å². The standard InChI is InChI=1S/C14H10N6OS/c21-12(9-4-3-8-5-7-15-11(8)17-9)19-20-14-18-10-2-1-6-16-13(10)22-14/h1-7H,(H,15,17)(H,18,20)(H,19,21). The van der Waals surface area contributed by atoms with E-state index in [4.69, 9.17) is 0 Å². The molecule has 0 fully saturated rings. The van der Waals surface area contributed by atoms with Crippen molar-refractivity contribution >= 4 is 43.8 Å². The van der Waals surface area contributed by atoms with Crippen molar-refractivity contribution in [1.29, 1.82) is 0 Å². The van der Waals surface area contributed by atoms with Gasteiger partial charge >= 0.3 is 0 Å². The van der Waals surface area contributed by atoms with Gasteiger partial charge in [0, 0.05) is 17.8 Å². The number of nitrogens with one attached hydrogen (secondary N) is 3. The fourth-order valence-corrected chi connectivity index (χ4v) is 2.82. The summed E-state index contributed by atoms with van der Waals surface area (Å²) in [4.78, 5) is 28.7. The SMILES string of the molecule is O=C(NNc1nc2cccnc2s1)c1ccc2cc[nH]c2n1. The molecule has 0 aromatic carbocycles. The van der Waals surface area contributed by atoms with E-state index < -0.39 is 0 Å². The minimum absolute atomic E-state index is 0.321. The van der Waals surface area contributed by atoms with Gasteiger partial charge in [-0.25, -0.2) is 15.0 Å². The van der Waals surface area contributed by atoms with Crippen molar-refractivity contribution < 1.29 is 4.79 Å². The average Bonchev–Trinajstić information content (AvgIpc) is 3.17. The van der Waals surface area contributed by atoms with Crippen LogP contribution in [0.1, 0.15) is 10.5 Å². The zero-order chi connectivity index (χ0) is 14.9. The Morgan fingerprint density at radius 2 is 2.14 bits per heavy atom. The molecule has 0 spiro atoms. The number of carbonyl (C=O) groups is 1. The molecule has 7 nitrogen and oxygen atoms in total. The largest absolute Gasteiger partial charge is 0.346 e. The lowest BCUT2D eigenvalue weighted by atomic mass is 10.3. The van der Waals surface area contributed by atoms with E-state index >= 15 is 0 Å². The molecule has 0 radical (unpaired) electrons. The van der Waals surface area contributed by atoms with Crippen LogP contribution in [-0.2, 0) is 0 Å². The van der Waals surface area contributed by atoms with Crippen LogP contribution in [0.3, 0.4) is 0 Å². The maximum atomic E-state index is 12.1. The number of pyridine rings is 2. The zero-order valence-corrected chi connectivity index (χ0v) is 12.0. The van der Waals surface area contributed by atoms with Crippen molar-refractivity contribution in [2.45, 2.75) is 0 Å². The van der Waals surface area contributed by atoms with E-state index in [9.17, 15) is 4.79 Å². The Morgan fingerprint density at radius 3 is 3.05 bits per heavy atom. The van der Waals surface area contributed by atoms with Gasteiger partial charge in [-0.3, -0.25) is 15.6 Å². The highest BCUT2D eigenvalue weighted by molar-refractivity contribution is 7.21. The van der Waals surface area contributed by atoms with Crippen LogP contribution in [0, 0.1) is 0 Å². The van der Waals surface area contributed by atoms with Crippen LogP contribution in [-0.4, -0.2) is 25.8 Å². The summed E-state index contributed by atoms with van der Waals surface area (Å²) in [6.45, 7) is 0. The number of hydrogen-bond donors (Lipinski definition) is 3. The summed E-state index contributed by atoms with van der Waals surface area (Å²) in [5, 5.41) is 1.53. The summed E-state index contributed by atoms with van der Waals surface area (Å²) in [7, 11) is 0. The maximum Gasteiger partial charge on any atom is 0.288 e. The number of rotatable bonds is 3. The molecule has 0 atom stereocenters. The number of anilines is 1. The van der Waals surface area contributed by atoms with Gasteiger partial charge in [-0.1, -0.05) is 11.3 Å². The van der Waals surface area contributed by atoms with E-state index in [-0.39, 0.29) is 5.91 Å². The number of hydrazine groups is 1. The number of fused-ring (bicyclic) bond motifs is 2. The van der Waals surface area contributed by atoms with Crippen LogP contribution in [0.15, 0.2) is 42.7 Å². The van der Waals surface area contributed by atoms with Gasteiger partial charge < -0.3 is 4.98 Å². The molecule has 4 heterocycles. The Bertz CT molecular complexity index is 942.